The maximum Gasteiger partial charge on any atom is 0.236 e. The van der Waals surface area contributed by atoms with E-state index in [9.17, 15) is 8.42 Å². The van der Waals surface area contributed by atoms with Crippen molar-refractivity contribution in [1.82, 2.24) is 10.2 Å². The molecule has 0 spiro atoms. The summed E-state index contributed by atoms with van der Waals surface area (Å²) in [5.74, 6) is -0.113. The Labute approximate surface area is 139 Å². The van der Waals surface area contributed by atoms with E-state index < -0.39 is 10.0 Å². The van der Waals surface area contributed by atoms with Gasteiger partial charge in [0.25, 0.3) is 0 Å². The zero-order valence-corrected chi connectivity index (χ0v) is 13.6. The van der Waals surface area contributed by atoms with Gasteiger partial charge in [0, 0.05) is 22.5 Å². The van der Waals surface area contributed by atoms with Gasteiger partial charge in [0.05, 0.1) is 11.4 Å². The molecular formula is C16H14ClN3O2S. The molecule has 0 fully saturated rings. The lowest BCUT2D eigenvalue weighted by atomic mass is 10.1. The smallest absolute Gasteiger partial charge is 0.236 e. The van der Waals surface area contributed by atoms with Gasteiger partial charge in [-0.3, -0.25) is 9.82 Å². The minimum atomic E-state index is -3.51. The molecular weight excluding hydrogens is 334 g/mol. The van der Waals surface area contributed by atoms with E-state index >= 15 is 0 Å². The number of H-pyrrole nitrogens is 1. The van der Waals surface area contributed by atoms with Crippen LogP contribution in [0.3, 0.4) is 0 Å². The summed E-state index contributed by atoms with van der Waals surface area (Å²) < 4.78 is 27.2. The summed E-state index contributed by atoms with van der Waals surface area (Å²) in [6.07, 6.45) is 1.65. The number of nitrogens with zero attached hydrogens (tertiary/aromatic N) is 1. The lowest BCUT2D eigenvalue weighted by Crippen LogP contribution is -2.15. The Balaban J connectivity index is 1.78. The highest BCUT2D eigenvalue weighted by molar-refractivity contribution is 7.91. The highest BCUT2D eigenvalue weighted by Crippen LogP contribution is 2.22. The van der Waals surface area contributed by atoms with Crippen molar-refractivity contribution in [1.29, 1.82) is 0 Å². The van der Waals surface area contributed by atoms with Gasteiger partial charge >= 0.3 is 0 Å². The standard InChI is InChI=1S/C16H14ClN3O2S/c17-14-6-4-12(5-7-14)11-23(21,22)20-15-3-1-2-13(10-15)16-8-9-18-19-16/h1-10,20H,11H2,(H,18,19). The van der Waals surface area contributed by atoms with Crippen LogP contribution in [-0.4, -0.2) is 18.6 Å². The van der Waals surface area contributed by atoms with E-state index in [0.29, 0.717) is 16.3 Å². The molecule has 0 atom stereocenters. The van der Waals surface area contributed by atoms with Crippen LogP contribution in [-0.2, 0) is 15.8 Å². The van der Waals surface area contributed by atoms with Crippen molar-refractivity contribution in [3.63, 3.8) is 0 Å². The number of aromatic nitrogens is 2. The fourth-order valence-electron chi connectivity index (χ4n) is 2.18. The number of halogens is 1. The molecule has 1 heterocycles. The van der Waals surface area contributed by atoms with Gasteiger partial charge in [0.2, 0.25) is 10.0 Å². The maximum absolute atomic E-state index is 12.3. The Hall–Kier alpha value is -2.31. The summed E-state index contributed by atoms with van der Waals surface area (Å²) in [4.78, 5) is 0. The Morgan fingerprint density at radius 3 is 2.57 bits per heavy atom. The predicted octanol–water partition coefficient (Wildman–Crippen LogP) is 3.67. The maximum atomic E-state index is 12.3. The van der Waals surface area contributed by atoms with E-state index in [-0.39, 0.29) is 5.75 Å². The van der Waals surface area contributed by atoms with Crippen molar-refractivity contribution in [2.45, 2.75) is 5.75 Å². The average molecular weight is 348 g/mol. The molecule has 0 bridgehead atoms. The van der Waals surface area contributed by atoms with Gasteiger partial charge in [-0.2, -0.15) is 5.10 Å². The van der Waals surface area contributed by atoms with Crippen LogP contribution in [0.2, 0.25) is 5.02 Å². The van der Waals surface area contributed by atoms with Gasteiger partial charge in [-0.1, -0.05) is 35.9 Å². The SMILES string of the molecule is O=S(=O)(Cc1ccc(Cl)cc1)Nc1cccc(-c2ccn[nH]2)c1. The number of rotatable bonds is 5. The molecule has 2 N–H and O–H groups in total. The predicted molar refractivity (Wildman–Crippen MR) is 91.7 cm³/mol. The third-order valence-corrected chi connectivity index (χ3v) is 4.73. The third-order valence-electron chi connectivity index (χ3n) is 3.22. The molecule has 0 aliphatic carbocycles. The first-order valence-corrected chi connectivity index (χ1v) is 8.90. The Kier molecular flexibility index (Phi) is 4.36. The molecule has 0 amide bonds. The Morgan fingerprint density at radius 2 is 1.87 bits per heavy atom. The molecule has 7 heteroatoms. The highest BCUT2D eigenvalue weighted by Gasteiger charge is 2.12. The van der Waals surface area contributed by atoms with E-state index in [0.717, 1.165) is 11.3 Å². The monoisotopic (exact) mass is 347 g/mol. The van der Waals surface area contributed by atoms with Crippen molar-refractivity contribution in [2.24, 2.45) is 0 Å². The van der Waals surface area contributed by atoms with E-state index in [4.69, 9.17) is 11.6 Å². The first-order valence-electron chi connectivity index (χ1n) is 6.87. The van der Waals surface area contributed by atoms with Gasteiger partial charge in [-0.05, 0) is 35.9 Å². The molecule has 5 nitrogen and oxygen atoms in total. The molecule has 2 aromatic carbocycles. The number of hydrogen-bond donors (Lipinski definition) is 2. The van der Waals surface area contributed by atoms with Crippen LogP contribution in [0, 0.1) is 0 Å². The molecule has 118 valence electrons. The molecule has 0 radical (unpaired) electrons. The second kappa shape index (κ2) is 6.44. The van der Waals surface area contributed by atoms with Gasteiger partial charge in [-0.25, -0.2) is 8.42 Å². The summed E-state index contributed by atoms with van der Waals surface area (Å²) in [6.45, 7) is 0. The van der Waals surface area contributed by atoms with Crippen LogP contribution in [0.25, 0.3) is 11.3 Å². The number of anilines is 1. The molecule has 3 aromatic rings. The van der Waals surface area contributed by atoms with Crippen LogP contribution in [0.5, 0.6) is 0 Å². The Morgan fingerprint density at radius 1 is 1.09 bits per heavy atom. The van der Waals surface area contributed by atoms with E-state index in [1.54, 1.807) is 48.7 Å². The summed E-state index contributed by atoms with van der Waals surface area (Å²) in [5, 5.41) is 7.32. The van der Waals surface area contributed by atoms with Crippen LogP contribution >= 0.6 is 11.6 Å². The van der Waals surface area contributed by atoms with Crippen LogP contribution in [0.4, 0.5) is 5.69 Å². The second-order valence-corrected chi connectivity index (χ2v) is 7.20. The molecule has 0 unspecified atom stereocenters. The molecule has 0 saturated heterocycles. The fraction of sp³-hybridized carbons (Fsp3) is 0.0625. The summed E-state index contributed by atoms with van der Waals surface area (Å²) in [5.41, 5.74) is 2.86. The highest BCUT2D eigenvalue weighted by atomic mass is 35.5. The van der Waals surface area contributed by atoms with E-state index in [2.05, 4.69) is 14.9 Å². The van der Waals surface area contributed by atoms with Crippen molar-refractivity contribution in [2.75, 3.05) is 4.72 Å². The first kappa shape index (κ1) is 15.6. The summed E-state index contributed by atoms with van der Waals surface area (Å²) in [6, 6.07) is 15.7. The number of hydrogen-bond acceptors (Lipinski definition) is 3. The second-order valence-electron chi connectivity index (χ2n) is 5.04. The number of sulfonamides is 1. The van der Waals surface area contributed by atoms with Gasteiger partial charge in [-0.15, -0.1) is 0 Å². The summed E-state index contributed by atoms with van der Waals surface area (Å²) >= 11 is 5.81. The van der Waals surface area contributed by atoms with Crippen LogP contribution in [0.15, 0.2) is 60.8 Å². The zero-order chi connectivity index (χ0) is 16.3. The van der Waals surface area contributed by atoms with Crippen LogP contribution in [0.1, 0.15) is 5.56 Å². The molecule has 0 saturated carbocycles. The summed E-state index contributed by atoms with van der Waals surface area (Å²) in [7, 11) is -3.51. The largest absolute Gasteiger partial charge is 0.283 e. The molecule has 0 aliphatic heterocycles. The van der Waals surface area contributed by atoms with Crippen LogP contribution < -0.4 is 4.72 Å². The normalized spacial score (nSPS) is 11.3. The van der Waals surface area contributed by atoms with Crippen molar-refractivity contribution in [3.8, 4) is 11.3 Å². The molecule has 0 aliphatic rings. The van der Waals surface area contributed by atoms with Gasteiger partial charge in [0.15, 0.2) is 0 Å². The minimum Gasteiger partial charge on any atom is -0.283 e. The molecule has 23 heavy (non-hydrogen) atoms. The number of aromatic amines is 1. The van der Waals surface area contributed by atoms with Gasteiger partial charge in [0.1, 0.15) is 0 Å². The van der Waals surface area contributed by atoms with E-state index in [1.807, 2.05) is 12.1 Å². The quantitative estimate of drug-likeness (QED) is 0.739. The lowest BCUT2D eigenvalue weighted by molar-refractivity contribution is 0.600. The first-order chi connectivity index (χ1) is 11.0. The minimum absolute atomic E-state index is 0.113. The fourth-order valence-corrected chi connectivity index (χ4v) is 3.50. The molecule has 3 rings (SSSR count). The topological polar surface area (TPSA) is 74.8 Å². The van der Waals surface area contributed by atoms with Gasteiger partial charge < -0.3 is 0 Å². The van der Waals surface area contributed by atoms with Crippen molar-refractivity contribution >= 4 is 27.3 Å². The zero-order valence-electron chi connectivity index (χ0n) is 12.0. The van der Waals surface area contributed by atoms with Crippen molar-refractivity contribution in [3.05, 3.63) is 71.4 Å². The lowest BCUT2D eigenvalue weighted by Gasteiger charge is -2.09. The number of benzene rings is 2. The van der Waals surface area contributed by atoms with Crippen molar-refractivity contribution < 1.29 is 8.42 Å². The van der Waals surface area contributed by atoms with E-state index in [1.165, 1.54) is 0 Å². The Bertz CT molecular complexity index is 891. The molecule has 1 aromatic heterocycles. The third kappa shape index (κ3) is 4.12. The average Bonchev–Trinajstić information content (AvgIpc) is 3.03. The number of nitrogens with one attached hydrogen (secondary N) is 2.